The summed E-state index contributed by atoms with van der Waals surface area (Å²) in [6.45, 7) is 5.39. The lowest BCUT2D eigenvalue weighted by Gasteiger charge is -2.18. The molecule has 4 heteroatoms. The molecule has 0 unspecified atom stereocenters. The molecule has 0 radical (unpaired) electrons. The van der Waals surface area contributed by atoms with Gasteiger partial charge in [0, 0.05) is 31.5 Å². The molecule has 1 heterocycles. The number of pyridine rings is 1. The Bertz CT molecular complexity index is 344. The van der Waals surface area contributed by atoms with E-state index in [1.165, 1.54) is 5.56 Å². The fourth-order valence-corrected chi connectivity index (χ4v) is 2.01. The molecule has 4 nitrogen and oxygen atoms in total. The zero-order valence-electron chi connectivity index (χ0n) is 12.2. The first-order valence-electron chi connectivity index (χ1n) is 7.25. The van der Waals surface area contributed by atoms with Crippen LogP contribution in [0.5, 0.6) is 0 Å². The van der Waals surface area contributed by atoms with E-state index >= 15 is 0 Å². The predicted octanol–water partition coefficient (Wildman–Crippen LogP) is 2.50. The molecule has 0 atom stereocenters. The van der Waals surface area contributed by atoms with Gasteiger partial charge in [-0.05, 0) is 45.3 Å². The Hall–Kier alpha value is -1.13. The molecule has 0 bridgehead atoms. The van der Waals surface area contributed by atoms with Crippen LogP contribution in [-0.4, -0.2) is 41.7 Å². The van der Waals surface area contributed by atoms with Crippen LogP contribution in [-0.2, 0) is 6.54 Å². The first-order valence-corrected chi connectivity index (χ1v) is 7.25. The van der Waals surface area contributed by atoms with Crippen molar-refractivity contribution in [2.24, 2.45) is 0 Å². The second-order valence-corrected chi connectivity index (χ2v) is 4.96. The van der Waals surface area contributed by atoms with E-state index in [9.17, 15) is 0 Å². The van der Waals surface area contributed by atoms with Crippen molar-refractivity contribution >= 4 is 5.82 Å². The van der Waals surface area contributed by atoms with Crippen LogP contribution < -0.4 is 5.32 Å². The van der Waals surface area contributed by atoms with E-state index in [4.69, 9.17) is 5.11 Å². The Labute approximate surface area is 116 Å². The van der Waals surface area contributed by atoms with Gasteiger partial charge in [0.25, 0.3) is 0 Å². The topological polar surface area (TPSA) is 48.4 Å². The minimum atomic E-state index is 0.303. The summed E-state index contributed by atoms with van der Waals surface area (Å²) in [5.41, 5.74) is 1.25. The molecule has 0 saturated carbocycles. The monoisotopic (exact) mass is 265 g/mol. The number of aliphatic hydroxyl groups is 1. The highest BCUT2D eigenvalue weighted by Gasteiger charge is 2.05. The van der Waals surface area contributed by atoms with E-state index in [1.54, 1.807) is 0 Å². The van der Waals surface area contributed by atoms with Crippen LogP contribution in [0.2, 0.25) is 0 Å². The molecule has 0 aliphatic heterocycles. The number of nitrogens with zero attached hydrogens (tertiary/aromatic N) is 2. The third kappa shape index (κ3) is 6.55. The van der Waals surface area contributed by atoms with Crippen LogP contribution in [0.4, 0.5) is 5.82 Å². The number of hydrogen-bond acceptors (Lipinski definition) is 4. The number of anilines is 1. The van der Waals surface area contributed by atoms with Gasteiger partial charge in [-0.15, -0.1) is 0 Å². The van der Waals surface area contributed by atoms with Crippen molar-refractivity contribution in [3.63, 3.8) is 0 Å². The molecule has 0 aliphatic rings. The highest BCUT2D eigenvalue weighted by Crippen LogP contribution is 2.14. The van der Waals surface area contributed by atoms with Crippen molar-refractivity contribution in [2.75, 3.05) is 32.1 Å². The van der Waals surface area contributed by atoms with Crippen molar-refractivity contribution in [1.82, 2.24) is 9.88 Å². The molecule has 0 fully saturated rings. The quantitative estimate of drug-likeness (QED) is 0.638. The van der Waals surface area contributed by atoms with Gasteiger partial charge in [0.2, 0.25) is 0 Å². The Morgan fingerprint density at radius 3 is 2.89 bits per heavy atom. The summed E-state index contributed by atoms with van der Waals surface area (Å²) in [4.78, 5) is 6.72. The van der Waals surface area contributed by atoms with Crippen molar-refractivity contribution in [1.29, 1.82) is 0 Å². The van der Waals surface area contributed by atoms with Gasteiger partial charge in [-0.25, -0.2) is 4.98 Å². The maximum absolute atomic E-state index is 8.76. The Morgan fingerprint density at radius 1 is 1.32 bits per heavy atom. The number of rotatable bonds is 10. The van der Waals surface area contributed by atoms with Crippen molar-refractivity contribution in [3.05, 3.63) is 23.9 Å². The fraction of sp³-hybridized carbons (Fsp3) is 0.667. The summed E-state index contributed by atoms with van der Waals surface area (Å²) < 4.78 is 0. The third-order valence-corrected chi connectivity index (χ3v) is 3.07. The van der Waals surface area contributed by atoms with Gasteiger partial charge in [0.15, 0.2) is 0 Å². The van der Waals surface area contributed by atoms with Gasteiger partial charge in [0.05, 0.1) is 0 Å². The van der Waals surface area contributed by atoms with E-state index < -0.39 is 0 Å². The van der Waals surface area contributed by atoms with Crippen LogP contribution in [0.3, 0.4) is 0 Å². The summed E-state index contributed by atoms with van der Waals surface area (Å²) in [5, 5.41) is 12.1. The lowest BCUT2D eigenvalue weighted by Crippen LogP contribution is -2.20. The fourth-order valence-electron chi connectivity index (χ4n) is 2.01. The maximum Gasteiger partial charge on any atom is 0.130 e. The molecule has 19 heavy (non-hydrogen) atoms. The van der Waals surface area contributed by atoms with Crippen molar-refractivity contribution in [3.8, 4) is 0 Å². The first-order chi connectivity index (χ1) is 9.27. The highest BCUT2D eigenvalue weighted by molar-refractivity contribution is 5.43. The van der Waals surface area contributed by atoms with Crippen molar-refractivity contribution < 1.29 is 5.11 Å². The van der Waals surface area contributed by atoms with Crippen LogP contribution in [0, 0.1) is 0 Å². The first kappa shape index (κ1) is 15.9. The van der Waals surface area contributed by atoms with E-state index in [0.29, 0.717) is 6.61 Å². The molecule has 0 amide bonds. The van der Waals surface area contributed by atoms with Gasteiger partial charge < -0.3 is 15.3 Å². The van der Waals surface area contributed by atoms with E-state index in [-0.39, 0.29) is 0 Å². The summed E-state index contributed by atoms with van der Waals surface area (Å²) >= 11 is 0. The maximum atomic E-state index is 8.76. The summed E-state index contributed by atoms with van der Waals surface area (Å²) in [7, 11) is 2.13. The van der Waals surface area contributed by atoms with E-state index in [0.717, 1.165) is 51.1 Å². The predicted molar refractivity (Wildman–Crippen MR) is 80.3 cm³/mol. The number of unbranched alkanes of at least 4 members (excludes halogenated alkanes) is 2. The third-order valence-electron chi connectivity index (χ3n) is 3.07. The molecule has 1 rings (SSSR count). The summed E-state index contributed by atoms with van der Waals surface area (Å²) in [5.74, 6) is 1.01. The standard InChI is InChI=1S/C15H27N3O/c1-3-9-16-15-14(8-7-10-17-15)13-18(2)11-5-4-6-12-19/h7-8,10,19H,3-6,9,11-13H2,1-2H3,(H,16,17). The van der Waals surface area contributed by atoms with Gasteiger partial charge in [-0.2, -0.15) is 0 Å². The highest BCUT2D eigenvalue weighted by atomic mass is 16.2. The molecule has 108 valence electrons. The normalized spacial score (nSPS) is 10.9. The largest absolute Gasteiger partial charge is 0.396 e. The second kappa shape index (κ2) is 9.75. The van der Waals surface area contributed by atoms with E-state index in [2.05, 4.69) is 35.2 Å². The molecule has 0 aromatic carbocycles. The summed E-state index contributed by atoms with van der Waals surface area (Å²) in [6, 6.07) is 4.13. The average Bonchev–Trinajstić information content (AvgIpc) is 2.43. The molecule has 0 aliphatic carbocycles. The molecular formula is C15H27N3O. The van der Waals surface area contributed by atoms with Gasteiger partial charge in [0.1, 0.15) is 5.82 Å². The lowest BCUT2D eigenvalue weighted by atomic mass is 10.2. The molecular weight excluding hydrogens is 238 g/mol. The molecule has 0 saturated heterocycles. The Balaban J connectivity index is 2.41. The zero-order chi connectivity index (χ0) is 13.9. The van der Waals surface area contributed by atoms with Crippen LogP contribution >= 0.6 is 0 Å². The van der Waals surface area contributed by atoms with Gasteiger partial charge >= 0.3 is 0 Å². The van der Waals surface area contributed by atoms with Crippen LogP contribution in [0.15, 0.2) is 18.3 Å². The van der Waals surface area contributed by atoms with Gasteiger partial charge in [-0.3, -0.25) is 0 Å². The summed E-state index contributed by atoms with van der Waals surface area (Å²) in [6.07, 6.45) is 6.07. The van der Waals surface area contributed by atoms with Crippen LogP contribution in [0.1, 0.15) is 38.2 Å². The molecule has 0 spiro atoms. The smallest absolute Gasteiger partial charge is 0.130 e. The SMILES string of the molecule is CCCNc1ncccc1CN(C)CCCCCO. The number of hydrogen-bond donors (Lipinski definition) is 2. The Morgan fingerprint density at radius 2 is 2.16 bits per heavy atom. The second-order valence-electron chi connectivity index (χ2n) is 4.96. The average molecular weight is 265 g/mol. The number of nitrogens with one attached hydrogen (secondary N) is 1. The number of aliphatic hydroxyl groups excluding tert-OH is 1. The minimum Gasteiger partial charge on any atom is -0.396 e. The Kier molecular flexibility index (Phi) is 8.18. The van der Waals surface area contributed by atoms with Crippen LogP contribution in [0.25, 0.3) is 0 Å². The van der Waals surface area contributed by atoms with E-state index in [1.807, 2.05) is 12.3 Å². The molecule has 1 aromatic rings. The zero-order valence-corrected chi connectivity index (χ0v) is 12.2. The lowest BCUT2D eigenvalue weighted by molar-refractivity contribution is 0.271. The van der Waals surface area contributed by atoms with Gasteiger partial charge in [-0.1, -0.05) is 13.0 Å². The number of aromatic nitrogens is 1. The molecule has 1 aromatic heterocycles. The molecule has 2 N–H and O–H groups in total. The minimum absolute atomic E-state index is 0.303. The van der Waals surface area contributed by atoms with Crippen molar-refractivity contribution in [2.45, 2.75) is 39.2 Å².